The van der Waals surface area contributed by atoms with Crippen LogP contribution in [0.15, 0.2) is 53.5 Å². The van der Waals surface area contributed by atoms with Crippen LogP contribution < -0.4 is 5.32 Å². The SMILES string of the molecule is Cc1cccc(Cl)c1NC1=NCCN1OCc1ccccc1.Cl. The third kappa shape index (κ3) is 4.38. The van der Waals surface area contributed by atoms with E-state index in [0.29, 0.717) is 24.1 Å². The Morgan fingerprint density at radius 3 is 2.70 bits per heavy atom. The van der Waals surface area contributed by atoms with E-state index in [0.717, 1.165) is 23.4 Å². The highest BCUT2D eigenvalue weighted by molar-refractivity contribution is 6.34. The van der Waals surface area contributed by atoms with Gasteiger partial charge in [0.05, 0.1) is 23.8 Å². The van der Waals surface area contributed by atoms with Gasteiger partial charge in [-0.1, -0.05) is 54.1 Å². The molecule has 2 aromatic rings. The average molecular weight is 352 g/mol. The van der Waals surface area contributed by atoms with E-state index in [9.17, 15) is 0 Å². The number of aliphatic imine (C=N–C) groups is 1. The molecule has 23 heavy (non-hydrogen) atoms. The number of anilines is 1. The quantitative estimate of drug-likeness (QED) is 0.892. The predicted molar refractivity (Wildman–Crippen MR) is 97.3 cm³/mol. The van der Waals surface area contributed by atoms with Crippen LogP contribution in [-0.2, 0) is 11.4 Å². The molecule has 6 heteroatoms. The summed E-state index contributed by atoms with van der Waals surface area (Å²) in [5.74, 6) is 0.701. The fourth-order valence-electron chi connectivity index (χ4n) is 2.29. The van der Waals surface area contributed by atoms with Gasteiger partial charge in [-0.15, -0.1) is 12.4 Å². The van der Waals surface area contributed by atoms with Gasteiger partial charge in [0.1, 0.15) is 6.61 Å². The van der Waals surface area contributed by atoms with Crippen molar-refractivity contribution in [3.05, 3.63) is 64.7 Å². The van der Waals surface area contributed by atoms with Crippen LogP contribution in [0.5, 0.6) is 0 Å². The van der Waals surface area contributed by atoms with Gasteiger partial charge in [0, 0.05) is 0 Å². The Bertz CT molecular complexity index is 657. The van der Waals surface area contributed by atoms with E-state index in [1.54, 1.807) is 5.06 Å². The Hall–Kier alpha value is -1.75. The molecule has 2 aromatic carbocycles. The van der Waals surface area contributed by atoms with Crippen LogP contribution in [0.25, 0.3) is 0 Å². The number of para-hydroxylation sites is 1. The number of hydrogen-bond donors (Lipinski definition) is 1. The lowest BCUT2D eigenvalue weighted by molar-refractivity contribution is -0.103. The lowest BCUT2D eigenvalue weighted by atomic mass is 10.2. The number of aryl methyl sites for hydroxylation is 1. The summed E-state index contributed by atoms with van der Waals surface area (Å²) < 4.78 is 0. The Kier molecular flexibility index (Phi) is 6.28. The molecule has 0 aromatic heterocycles. The highest BCUT2D eigenvalue weighted by Gasteiger charge is 2.19. The van der Waals surface area contributed by atoms with Crippen molar-refractivity contribution in [2.24, 2.45) is 4.99 Å². The summed E-state index contributed by atoms with van der Waals surface area (Å²) >= 11 is 6.25. The van der Waals surface area contributed by atoms with Crippen LogP contribution in [0.1, 0.15) is 11.1 Å². The molecular weight excluding hydrogens is 333 g/mol. The predicted octanol–water partition coefficient (Wildman–Crippen LogP) is 4.29. The third-order valence-corrected chi connectivity index (χ3v) is 3.80. The molecular formula is C17H19Cl2N3O. The molecule has 0 spiro atoms. The summed E-state index contributed by atoms with van der Waals surface area (Å²) in [5.41, 5.74) is 3.07. The van der Waals surface area contributed by atoms with E-state index in [4.69, 9.17) is 16.4 Å². The first-order valence-electron chi connectivity index (χ1n) is 7.25. The molecule has 0 radical (unpaired) electrons. The molecule has 1 aliphatic rings. The maximum atomic E-state index is 6.25. The van der Waals surface area contributed by atoms with E-state index in [2.05, 4.69) is 10.3 Å². The van der Waals surface area contributed by atoms with E-state index in [1.165, 1.54) is 0 Å². The molecule has 0 fully saturated rings. The summed E-state index contributed by atoms with van der Waals surface area (Å²) in [4.78, 5) is 10.3. The minimum Gasteiger partial charge on any atom is -0.323 e. The molecule has 0 bridgehead atoms. The molecule has 0 amide bonds. The molecule has 1 heterocycles. The van der Waals surface area contributed by atoms with Gasteiger partial charge >= 0.3 is 0 Å². The van der Waals surface area contributed by atoms with Crippen molar-refractivity contribution >= 4 is 35.7 Å². The first kappa shape index (κ1) is 17.6. The van der Waals surface area contributed by atoms with Crippen molar-refractivity contribution in [3.63, 3.8) is 0 Å². The van der Waals surface area contributed by atoms with Crippen LogP contribution in [0.3, 0.4) is 0 Å². The standard InChI is InChI=1S/C17H18ClN3O.ClH/c1-13-6-5-9-15(18)16(13)20-17-19-10-11-21(17)22-12-14-7-3-2-4-8-14;/h2-9H,10-12H2,1H3,(H,19,20);1H. The van der Waals surface area contributed by atoms with Crippen molar-refractivity contribution in [1.29, 1.82) is 0 Å². The van der Waals surface area contributed by atoms with Gasteiger partial charge in [-0.3, -0.25) is 4.84 Å². The molecule has 1 aliphatic heterocycles. The van der Waals surface area contributed by atoms with Gasteiger partial charge in [0.25, 0.3) is 0 Å². The van der Waals surface area contributed by atoms with Gasteiger partial charge in [-0.05, 0) is 24.1 Å². The molecule has 1 N–H and O–H groups in total. The molecule has 4 nitrogen and oxygen atoms in total. The molecule has 0 aliphatic carbocycles. The van der Waals surface area contributed by atoms with Crippen LogP contribution in [0.2, 0.25) is 5.02 Å². The minimum atomic E-state index is 0. The third-order valence-electron chi connectivity index (χ3n) is 3.49. The number of hydrogen-bond acceptors (Lipinski definition) is 4. The van der Waals surface area contributed by atoms with Crippen molar-refractivity contribution in [1.82, 2.24) is 5.06 Å². The van der Waals surface area contributed by atoms with Crippen molar-refractivity contribution in [3.8, 4) is 0 Å². The average Bonchev–Trinajstić information content (AvgIpc) is 2.97. The lowest BCUT2D eigenvalue weighted by Gasteiger charge is -2.21. The zero-order valence-corrected chi connectivity index (χ0v) is 14.4. The smallest absolute Gasteiger partial charge is 0.223 e. The zero-order valence-electron chi connectivity index (χ0n) is 12.8. The number of nitrogens with zero attached hydrogens (tertiary/aromatic N) is 2. The topological polar surface area (TPSA) is 36.9 Å². The summed E-state index contributed by atoms with van der Waals surface area (Å²) in [6.45, 7) is 3.97. The molecule has 122 valence electrons. The van der Waals surface area contributed by atoms with E-state index in [-0.39, 0.29) is 12.4 Å². The second-order valence-electron chi connectivity index (χ2n) is 5.12. The largest absolute Gasteiger partial charge is 0.323 e. The first-order valence-corrected chi connectivity index (χ1v) is 7.63. The Morgan fingerprint density at radius 2 is 1.96 bits per heavy atom. The number of benzene rings is 2. The Morgan fingerprint density at radius 1 is 1.17 bits per heavy atom. The van der Waals surface area contributed by atoms with E-state index < -0.39 is 0 Å². The summed E-state index contributed by atoms with van der Waals surface area (Å²) in [5, 5.41) is 5.75. The molecule has 3 rings (SSSR count). The number of hydroxylamine groups is 2. The highest BCUT2D eigenvalue weighted by Crippen LogP contribution is 2.26. The first-order chi connectivity index (χ1) is 10.7. The Labute approximate surface area is 147 Å². The monoisotopic (exact) mass is 351 g/mol. The highest BCUT2D eigenvalue weighted by atomic mass is 35.5. The van der Waals surface area contributed by atoms with Crippen LogP contribution in [-0.4, -0.2) is 24.1 Å². The second kappa shape index (κ2) is 8.20. The molecule has 0 atom stereocenters. The van der Waals surface area contributed by atoms with Gasteiger partial charge in [-0.25, -0.2) is 10.1 Å². The van der Waals surface area contributed by atoms with Gasteiger partial charge in [0.2, 0.25) is 5.96 Å². The number of guanidine groups is 1. The van der Waals surface area contributed by atoms with Crippen LogP contribution >= 0.6 is 24.0 Å². The summed E-state index contributed by atoms with van der Waals surface area (Å²) in [7, 11) is 0. The van der Waals surface area contributed by atoms with Crippen LogP contribution in [0, 0.1) is 6.92 Å². The van der Waals surface area contributed by atoms with Crippen molar-refractivity contribution in [2.75, 3.05) is 18.4 Å². The summed E-state index contributed by atoms with van der Waals surface area (Å²) in [6, 6.07) is 15.9. The lowest BCUT2D eigenvalue weighted by Crippen LogP contribution is -2.33. The molecule has 0 unspecified atom stereocenters. The van der Waals surface area contributed by atoms with E-state index in [1.807, 2.05) is 55.5 Å². The van der Waals surface area contributed by atoms with Crippen molar-refractivity contribution in [2.45, 2.75) is 13.5 Å². The number of nitrogens with one attached hydrogen (secondary N) is 1. The Balaban J connectivity index is 0.00000192. The van der Waals surface area contributed by atoms with Crippen molar-refractivity contribution < 1.29 is 4.84 Å². The minimum absolute atomic E-state index is 0. The fourth-order valence-corrected chi connectivity index (χ4v) is 2.56. The van der Waals surface area contributed by atoms with E-state index >= 15 is 0 Å². The molecule has 0 saturated heterocycles. The number of halogens is 2. The number of rotatable bonds is 4. The maximum Gasteiger partial charge on any atom is 0.223 e. The second-order valence-corrected chi connectivity index (χ2v) is 5.53. The van der Waals surface area contributed by atoms with Gasteiger partial charge in [0.15, 0.2) is 0 Å². The zero-order chi connectivity index (χ0) is 15.4. The normalized spacial score (nSPS) is 13.5. The summed E-state index contributed by atoms with van der Waals surface area (Å²) in [6.07, 6.45) is 0. The maximum absolute atomic E-state index is 6.25. The van der Waals surface area contributed by atoms with Gasteiger partial charge < -0.3 is 5.32 Å². The van der Waals surface area contributed by atoms with Gasteiger partial charge in [-0.2, -0.15) is 0 Å². The van der Waals surface area contributed by atoms with Crippen LogP contribution in [0.4, 0.5) is 5.69 Å². The molecule has 0 saturated carbocycles. The fraction of sp³-hybridized carbons (Fsp3) is 0.235.